The first-order chi connectivity index (χ1) is 12.6. The van der Waals surface area contributed by atoms with Gasteiger partial charge in [0.05, 0.1) is 11.9 Å². The fourth-order valence-corrected chi connectivity index (χ4v) is 4.75. The highest BCUT2D eigenvalue weighted by molar-refractivity contribution is 5.79. The lowest BCUT2D eigenvalue weighted by Crippen LogP contribution is -2.62. The molecular weight excluding hydrogens is 326 g/mol. The largest absolute Gasteiger partial charge is 0.329 e. The Labute approximate surface area is 154 Å². The molecular formula is C20H27N5O. The third kappa shape index (κ3) is 2.93. The molecule has 26 heavy (non-hydrogen) atoms. The molecule has 0 radical (unpaired) electrons. The molecule has 1 aliphatic heterocycles. The summed E-state index contributed by atoms with van der Waals surface area (Å²) in [5, 5.41) is 4.55. The average molecular weight is 353 g/mol. The molecule has 4 rings (SSSR count). The molecule has 138 valence electrons. The van der Waals surface area contributed by atoms with Crippen LogP contribution in [0.4, 0.5) is 0 Å². The van der Waals surface area contributed by atoms with E-state index in [9.17, 15) is 4.79 Å². The molecule has 0 bridgehead atoms. The van der Waals surface area contributed by atoms with Crippen LogP contribution in [0.25, 0.3) is 11.3 Å². The van der Waals surface area contributed by atoms with E-state index >= 15 is 0 Å². The summed E-state index contributed by atoms with van der Waals surface area (Å²) in [5.74, 6) is 0.865. The van der Waals surface area contributed by atoms with Crippen LogP contribution in [0.5, 0.6) is 0 Å². The maximum absolute atomic E-state index is 12.2. The van der Waals surface area contributed by atoms with Crippen LogP contribution in [-0.4, -0.2) is 28.3 Å². The number of nitrogens with one attached hydrogen (secondary N) is 2. The Hall–Kier alpha value is -2.18. The molecule has 1 saturated carbocycles. The van der Waals surface area contributed by atoms with Crippen molar-refractivity contribution in [3.8, 4) is 11.3 Å². The van der Waals surface area contributed by atoms with Crippen LogP contribution in [0, 0.1) is 18.8 Å². The van der Waals surface area contributed by atoms with E-state index < -0.39 is 0 Å². The standard InChI is InChI=1S/C20H27N5O/c1-12-4-3-5-14(8-12)19-17(11-22-25(19)2)13-6-7-15-16(9-13)18(10-21)23-24-20(15)26/h3-5,8,11,13,15-16,18,23H,6-7,9-10,21H2,1-2H3,(H,24,26). The van der Waals surface area contributed by atoms with E-state index in [-0.39, 0.29) is 23.8 Å². The minimum Gasteiger partial charge on any atom is -0.329 e. The van der Waals surface area contributed by atoms with E-state index in [1.54, 1.807) is 0 Å². The summed E-state index contributed by atoms with van der Waals surface area (Å²) >= 11 is 0. The van der Waals surface area contributed by atoms with Gasteiger partial charge in [0.25, 0.3) is 0 Å². The first-order valence-electron chi connectivity index (χ1n) is 9.43. The molecule has 2 aromatic rings. The third-order valence-corrected chi connectivity index (χ3v) is 6.09. The molecule has 4 atom stereocenters. The van der Waals surface area contributed by atoms with Crippen molar-refractivity contribution in [1.29, 1.82) is 0 Å². The van der Waals surface area contributed by atoms with E-state index in [0.717, 1.165) is 19.3 Å². The molecule has 1 saturated heterocycles. The summed E-state index contributed by atoms with van der Waals surface area (Å²) in [6.07, 6.45) is 4.89. The number of fused-ring (bicyclic) bond motifs is 1. The third-order valence-electron chi connectivity index (χ3n) is 6.09. The molecule has 0 spiro atoms. The van der Waals surface area contributed by atoms with E-state index in [1.807, 2.05) is 17.9 Å². The van der Waals surface area contributed by atoms with Gasteiger partial charge in [-0.2, -0.15) is 5.10 Å². The Morgan fingerprint density at radius 1 is 1.35 bits per heavy atom. The second-order valence-electron chi connectivity index (χ2n) is 7.70. The second-order valence-corrected chi connectivity index (χ2v) is 7.70. The van der Waals surface area contributed by atoms with Gasteiger partial charge >= 0.3 is 0 Å². The van der Waals surface area contributed by atoms with Crippen molar-refractivity contribution < 1.29 is 4.79 Å². The minimum absolute atomic E-state index is 0.0696. The predicted molar refractivity (Wildman–Crippen MR) is 101 cm³/mol. The topological polar surface area (TPSA) is 85.0 Å². The van der Waals surface area contributed by atoms with Crippen LogP contribution in [-0.2, 0) is 11.8 Å². The van der Waals surface area contributed by atoms with Crippen LogP contribution in [0.15, 0.2) is 30.5 Å². The molecule has 4 N–H and O–H groups in total. The van der Waals surface area contributed by atoms with E-state index in [1.165, 1.54) is 22.4 Å². The van der Waals surface area contributed by atoms with Gasteiger partial charge in [0.2, 0.25) is 5.91 Å². The number of rotatable bonds is 3. The van der Waals surface area contributed by atoms with Crippen LogP contribution in [0.3, 0.4) is 0 Å². The van der Waals surface area contributed by atoms with Gasteiger partial charge in [-0.25, -0.2) is 5.43 Å². The molecule has 1 aliphatic carbocycles. The minimum atomic E-state index is 0.0696. The number of nitrogens with two attached hydrogens (primary N) is 1. The second kappa shape index (κ2) is 6.85. The van der Waals surface area contributed by atoms with Crippen molar-refractivity contribution in [2.75, 3.05) is 6.54 Å². The maximum atomic E-state index is 12.2. The highest BCUT2D eigenvalue weighted by Gasteiger charge is 2.43. The van der Waals surface area contributed by atoms with Crippen molar-refractivity contribution in [1.82, 2.24) is 20.6 Å². The Morgan fingerprint density at radius 2 is 2.19 bits per heavy atom. The van der Waals surface area contributed by atoms with E-state index in [0.29, 0.717) is 12.5 Å². The molecule has 1 aromatic carbocycles. The van der Waals surface area contributed by atoms with E-state index in [4.69, 9.17) is 5.73 Å². The summed E-state index contributed by atoms with van der Waals surface area (Å²) in [5.41, 5.74) is 16.8. The monoisotopic (exact) mass is 353 g/mol. The van der Waals surface area contributed by atoms with Crippen molar-refractivity contribution in [3.63, 3.8) is 0 Å². The highest BCUT2D eigenvalue weighted by Crippen LogP contribution is 2.44. The van der Waals surface area contributed by atoms with Crippen molar-refractivity contribution in [2.24, 2.45) is 24.6 Å². The zero-order chi connectivity index (χ0) is 18.3. The maximum Gasteiger partial charge on any atom is 0.237 e. The Bertz CT molecular complexity index is 814. The van der Waals surface area contributed by atoms with Crippen LogP contribution in [0.1, 0.15) is 36.3 Å². The molecule has 2 aliphatic rings. The molecule has 2 heterocycles. The van der Waals surface area contributed by atoms with Gasteiger partial charge in [-0.1, -0.05) is 23.8 Å². The molecule has 1 amide bonds. The summed E-state index contributed by atoms with van der Waals surface area (Å²) in [7, 11) is 2.01. The summed E-state index contributed by atoms with van der Waals surface area (Å²) in [6, 6.07) is 8.71. The summed E-state index contributed by atoms with van der Waals surface area (Å²) < 4.78 is 1.97. The Balaban J connectivity index is 1.66. The van der Waals surface area contributed by atoms with Crippen LogP contribution < -0.4 is 16.6 Å². The van der Waals surface area contributed by atoms with Crippen molar-refractivity contribution in [2.45, 2.75) is 38.1 Å². The number of hydrogen-bond donors (Lipinski definition) is 3. The van der Waals surface area contributed by atoms with Gasteiger partial charge < -0.3 is 5.73 Å². The number of aryl methyl sites for hydroxylation is 2. The van der Waals surface area contributed by atoms with Gasteiger partial charge in [-0.15, -0.1) is 0 Å². The molecule has 2 fully saturated rings. The normalized spacial score (nSPS) is 28.5. The van der Waals surface area contributed by atoms with Crippen LogP contribution >= 0.6 is 0 Å². The molecule has 6 nitrogen and oxygen atoms in total. The van der Waals surface area contributed by atoms with E-state index in [2.05, 4.69) is 47.1 Å². The quantitative estimate of drug-likeness (QED) is 0.786. The number of carbonyl (C=O) groups excluding carboxylic acids is 1. The zero-order valence-electron chi connectivity index (χ0n) is 15.4. The zero-order valence-corrected chi connectivity index (χ0v) is 15.4. The first kappa shape index (κ1) is 17.2. The van der Waals surface area contributed by atoms with Gasteiger partial charge in [-0.3, -0.25) is 14.9 Å². The SMILES string of the molecule is Cc1cccc(-c2c(C3CCC4C(=O)NNC(CN)C4C3)cnn2C)c1. The number of amides is 1. The Kier molecular flexibility index (Phi) is 4.54. The number of carbonyl (C=O) groups is 1. The fraction of sp³-hybridized carbons (Fsp3) is 0.500. The van der Waals surface area contributed by atoms with Crippen LogP contribution in [0.2, 0.25) is 0 Å². The highest BCUT2D eigenvalue weighted by atomic mass is 16.2. The van der Waals surface area contributed by atoms with Crippen molar-refractivity contribution in [3.05, 3.63) is 41.6 Å². The smallest absolute Gasteiger partial charge is 0.237 e. The average Bonchev–Trinajstić information content (AvgIpc) is 3.03. The molecule has 1 aromatic heterocycles. The summed E-state index contributed by atoms with van der Waals surface area (Å²) in [4.78, 5) is 12.2. The number of hydrogen-bond acceptors (Lipinski definition) is 4. The molecule has 6 heteroatoms. The lowest BCUT2D eigenvalue weighted by atomic mass is 9.68. The lowest BCUT2D eigenvalue weighted by Gasteiger charge is -2.43. The van der Waals surface area contributed by atoms with Gasteiger partial charge in [0, 0.05) is 36.7 Å². The van der Waals surface area contributed by atoms with Gasteiger partial charge in [-0.05, 0) is 44.1 Å². The molecule has 4 unspecified atom stereocenters. The predicted octanol–water partition coefficient (Wildman–Crippen LogP) is 1.86. The van der Waals surface area contributed by atoms with Gasteiger partial charge in [0.1, 0.15) is 0 Å². The van der Waals surface area contributed by atoms with Gasteiger partial charge in [0.15, 0.2) is 0 Å². The number of benzene rings is 1. The first-order valence-corrected chi connectivity index (χ1v) is 9.43. The number of hydrazine groups is 1. The summed E-state index contributed by atoms with van der Waals surface area (Å²) in [6.45, 7) is 2.65. The number of aromatic nitrogens is 2. The lowest BCUT2D eigenvalue weighted by molar-refractivity contribution is -0.133. The fourth-order valence-electron chi connectivity index (χ4n) is 4.75. The van der Waals surface area contributed by atoms with Crippen molar-refractivity contribution >= 4 is 5.91 Å². The Morgan fingerprint density at radius 3 is 2.96 bits per heavy atom. The number of nitrogens with zero attached hydrogens (tertiary/aromatic N) is 2.